The lowest BCUT2D eigenvalue weighted by molar-refractivity contribution is 0.421. The number of nitrogens with zero attached hydrogens (tertiary/aromatic N) is 3. The average Bonchev–Trinajstić information content (AvgIpc) is 3.12. The monoisotopic (exact) mass is 462 g/mol. The summed E-state index contributed by atoms with van der Waals surface area (Å²) in [4.78, 5) is 6.61. The molecule has 2 aromatic carbocycles. The number of guanidine groups is 1. The minimum atomic E-state index is 0. The molecule has 26 heavy (non-hydrogen) atoms. The molecule has 3 aromatic rings. The van der Waals surface area contributed by atoms with Gasteiger partial charge in [-0.25, -0.2) is 4.99 Å². The van der Waals surface area contributed by atoms with Gasteiger partial charge < -0.3 is 14.7 Å². The number of aliphatic imine (C=N–C) groups is 1. The molecule has 6 heteroatoms. The van der Waals surface area contributed by atoms with Crippen molar-refractivity contribution < 1.29 is 4.52 Å². The molecule has 0 aliphatic heterocycles. The summed E-state index contributed by atoms with van der Waals surface area (Å²) in [5, 5.41) is 7.46. The van der Waals surface area contributed by atoms with Crippen molar-refractivity contribution in [2.24, 2.45) is 4.99 Å². The van der Waals surface area contributed by atoms with Crippen molar-refractivity contribution in [2.75, 3.05) is 14.1 Å². The van der Waals surface area contributed by atoms with Gasteiger partial charge in [-0.3, -0.25) is 0 Å². The van der Waals surface area contributed by atoms with Crippen LogP contribution in [0.4, 0.5) is 0 Å². The van der Waals surface area contributed by atoms with Crippen LogP contribution in [0.25, 0.3) is 11.3 Å². The van der Waals surface area contributed by atoms with Crippen LogP contribution in [0.5, 0.6) is 0 Å². The molecule has 0 spiro atoms. The highest BCUT2D eigenvalue weighted by molar-refractivity contribution is 14.0. The van der Waals surface area contributed by atoms with Crippen molar-refractivity contribution in [3.05, 3.63) is 78.0 Å². The van der Waals surface area contributed by atoms with Gasteiger partial charge in [-0.05, 0) is 5.56 Å². The van der Waals surface area contributed by atoms with E-state index in [9.17, 15) is 0 Å². The molecule has 0 fully saturated rings. The van der Waals surface area contributed by atoms with Crippen molar-refractivity contribution in [3.8, 4) is 11.3 Å². The van der Waals surface area contributed by atoms with E-state index < -0.39 is 0 Å². The quantitative estimate of drug-likeness (QED) is 0.352. The van der Waals surface area contributed by atoms with Crippen molar-refractivity contribution in [1.29, 1.82) is 0 Å². The zero-order valence-electron chi connectivity index (χ0n) is 14.9. The Labute approximate surface area is 171 Å². The van der Waals surface area contributed by atoms with Gasteiger partial charge in [0.25, 0.3) is 0 Å². The van der Waals surface area contributed by atoms with Crippen molar-refractivity contribution in [2.45, 2.75) is 13.1 Å². The van der Waals surface area contributed by atoms with Crippen molar-refractivity contribution in [3.63, 3.8) is 0 Å². The smallest absolute Gasteiger partial charge is 0.194 e. The molecule has 0 radical (unpaired) electrons. The molecule has 3 rings (SSSR count). The van der Waals surface area contributed by atoms with E-state index in [1.54, 1.807) is 0 Å². The number of hydrogen-bond donors (Lipinski definition) is 1. The summed E-state index contributed by atoms with van der Waals surface area (Å²) in [5.41, 5.74) is 3.04. The molecule has 0 saturated carbocycles. The number of rotatable bonds is 5. The lowest BCUT2D eigenvalue weighted by Gasteiger charge is -2.16. The maximum Gasteiger partial charge on any atom is 0.194 e. The third-order valence-electron chi connectivity index (χ3n) is 3.72. The first-order valence-electron chi connectivity index (χ1n) is 8.23. The topological polar surface area (TPSA) is 53.7 Å². The SMILES string of the molecule is CN(C)C(=NCc1ccccc1)NCc1cc(-c2ccccc2)on1.I. The van der Waals surface area contributed by atoms with E-state index in [-0.39, 0.29) is 24.0 Å². The van der Waals surface area contributed by atoms with E-state index in [0.717, 1.165) is 23.0 Å². The summed E-state index contributed by atoms with van der Waals surface area (Å²) in [6, 6.07) is 22.1. The normalized spacial score (nSPS) is 10.9. The number of nitrogens with one attached hydrogen (secondary N) is 1. The standard InChI is InChI=1S/C20H22N4O.HI/c1-24(2)20(21-14-16-9-5-3-6-10-16)22-15-18-13-19(25-23-18)17-11-7-4-8-12-17;/h3-13H,14-15H2,1-2H3,(H,21,22);1H. The van der Waals surface area contributed by atoms with Gasteiger partial charge >= 0.3 is 0 Å². The van der Waals surface area contributed by atoms with Gasteiger partial charge in [0.05, 0.1) is 13.1 Å². The highest BCUT2D eigenvalue weighted by atomic mass is 127. The van der Waals surface area contributed by atoms with Crippen LogP contribution < -0.4 is 5.32 Å². The minimum absolute atomic E-state index is 0. The predicted octanol–water partition coefficient (Wildman–Crippen LogP) is 4.17. The fourth-order valence-corrected chi connectivity index (χ4v) is 2.41. The fraction of sp³-hybridized carbons (Fsp3) is 0.200. The maximum absolute atomic E-state index is 5.43. The van der Waals surface area contributed by atoms with Gasteiger partial charge in [-0.2, -0.15) is 0 Å². The first-order chi connectivity index (χ1) is 12.2. The molecule has 1 N–H and O–H groups in total. The second kappa shape index (κ2) is 9.96. The molecular formula is C20H23IN4O. The van der Waals surface area contributed by atoms with Gasteiger partial charge in [-0.15, -0.1) is 24.0 Å². The summed E-state index contributed by atoms with van der Waals surface area (Å²) in [5.74, 6) is 1.58. The van der Waals surface area contributed by atoms with Crippen LogP contribution in [0.2, 0.25) is 0 Å². The number of halogens is 1. The van der Waals surface area contributed by atoms with Crippen LogP contribution >= 0.6 is 24.0 Å². The highest BCUT2D eigenvalue weighted by Crippen LogP contribution is 2.19. The van der Waals surface area contributed by atoms with Gasteiger partial charge in [-0.1, -0.05) is 65.8 Å². The Morgan fingerprint density at radius 1 is 1.04 bits per heavy atom. The summed E-state index contributed by atoms with van der Waals surface area (Å²) < 4.78 is 5.43. The molecule has 0 aliphatic rings. The van der Waals surface area contributed by atoms with Gasteiger partial charge in [0.15, 0.2) is 11.7 Å². The van der Waals surface area contributed by atoms with Crippen LogP contribution in [-0.4, -0.2) is 30.1 Å². The first kappa shape index (κ1) is 20.0. The van der Waals surface area contributed by atoms with Crippen LogP contribution in [0.15, 0.2) is 76.2 Å². The minimum Gasteiger partial charge on any atom is -0.356 e. The molecule has 0 saturated heterocycles. The van der Waals surface area contributed by atoms with E-state index in [0.29, 0.717) is 13.1 Å². The Morgan fingerprint density at radius 3 is 2.35 bits per heavy atom. The molecule has 1 heterocycles. The van der Waals surface area contributed by atoms with Crippen molar-refractivity contribution >= 4 is 29.9 Å². The van der Waals surface area contributed by atoms with Crippen LogP contribution in [0, 0.1) is 0 Å². The average molecular weight is 462 g/mol. The Kier molecular flexibility index (Phi) is 7.65. The second-order valence-corrected chi connectivity index (χ2v) is 5.92. The summed E-state index contributed by atoms with van der Waals surface area (Å²) in [6.45, 7) is 1.19. The summed E-state index contributed by atoms with van der Waals surface area (Å²) >= 11 is 0. The second-order valence-electron chi connectivity index (χ2n) is 5.92. The third-order valence-corrected chi connectivity index (χ3v) is 3.72. The van der Waals surface area contributed by atoms with Crippen LogP contribution in [0.3, 0.4) is 0 Å². The molecule has 5 nitrogen and oxygen atoms in total. The zero-order valence-corrected chi connectivity index (χ0v) is 17.3. The Morgan fingerprint density at radius 2 is 1.69 bits per heavy atom. The zero-order chi connectivity index (χ0) is 17.5. The molecule has 136 valence electrons. The third kappa shape index (κ3) is 5.59. The van der Waals surface area contributed by atoms with E-state index in [1.165, 1.54) is 5.56 Å². The van der Waals surface area contributed by atoms with E-state index in [1.807, 2.05) is 73.6 Å². The predicted molar refractivity (Wildman–Crippen MR) is 115 cm³/mol. The Hall–Kier alpha value is -2.35. The summed E-state index contributed by atoms with van der Waals surface area (Å²) in [7, 11) is 3.93. The molecule has 1 aromatic heterocycles. The molecule has 0 aliphatic carbocycles. The number of benzene rings is 2. The molecule has 0 atom stereocenters. The summed E-state index contributed by atoms with van der Waals surface area (Å²) in [6.07, 6.45) is 0. The molecule has 0 bridgehead atoms. The van der Waals surface area contributed by atoms with E-state index in [2.05, 4.69) is 27.6 Å². The van der Waals surface area contributed by atoms with Gasteiger partial charge in [0.1, 0.15) is 5.69 Å². The van der Waals surface area contributed by atoms with Crippen molar-refractivity contribution in [1.82, 2.24) is 15.4 Å². The van der Waals surface area contributed by atoms with E-state index >= 15 is 0 Å². The van der Waals surface area contributed by atoms with E-state index in [4.69, 9.17) is 4.52 Å². The maximum atomic E-state index is 5.43. The molecule has 0 amide bonds. The lowest BCUT2D eigenvalue weighted by Crippen LogP contribution is -2.36. The highest BCUT2D eigenvalue weighted by Gasteiger charge is 2.08. The number of aromatic nitrogens is 1. The van der Waals surface area contributed by atoms with Gasteiger partial charge in [0.2, 0.25) is 0 Å². The number of hydrogen-bond acceptors (Lipinski definition) is 3. The van der Waals surface area contributed by atoms with Crippen LogP contribution in [0.1, 0.15) is 11.3 Å². The first-order valence-corrected chi connectivity index (χ1v) is 8.23. The largest absolute Gasteiger partial charge is 0.356 e. The van der Waals surface area contributed by atoms with Crippen LogP contribution in [-0.2, 0) is 13.1 Å². The Bertz CT molecular complexity index is 816. The van der Waals surface area contributed by atoms with Gasteiger partial charge in [0, 0.05) is 25.7 Å². The fourth-order valence-electron chi connectivity index (χ4n) is 2.41. The molecule has 0 unspecified atom stereocenters. The lowest BCUT2D eigenvalue weighted by atomic mass is 10.2. The Balaban J connectivity index is 0.00000243. The molecular weight excluding hydrogens is 439 g/mol.